The van der Waals surface area contributed by atoms with Crippen LogP contribution in [0.1, 0.15) is 5.56 Å². The number of nitrogens with zero attached hydrogens (tertiary/aromatic N) is 3. The number of halogens is 1. The molecule has 1 aromatic heterocycles. The number of aryl methyl sites for hydroxylation is 1. The fraction of sp³-hybridized carbons (Fsp3) is 0.211. The van der Waals surface area contributed by atoms with Crippen LogP contribution in [0.2, 0.25) is 0 Å². The number of thioether (sulfide) groups is 1. The summed E-state index contributed by atoms with van der Waals surface area (Å²) in [4.78, 5) is 12.1. The Morgan fingerprint density at radius 2 is 2.07 bits per heavy atom. The van der Waals surface area contributed by atoms with Gasteiger partial charge in [-0.15, -0.1) is 10.2 Å². The van der Waals surface area contributed by atoms with Gasteiger partial charge in [0.15, 0.2) is 11.0 Å². The highest BCUT2D eigenvalue weighted by Gasteiger charge is 2.14. The third-order valence-corrected chi connectivity index (χ3v) is 4.91. The van der Waals surface area contributed by atoms with Crippen molar-refractivity contribution < 1.29 is 13.9 Å². The van der Waals surface area contributed by atoms with Gasteiger partial charge in [-0.2, -0.15) is 0 Å². The Balaban J connectivity index is 1.66. The molecule has 2 aromatic carbocycles. The standard InChI is InChI=1S/C19H19FN4O2S/c1-12-7-8-16(15(20)9-12)21-17(25)11-27-19-23-22-18(24(19)2)13-5-4-6-14(10-13)26-3/h4-10H,11H2,1-3H3,(H,21,25). The average Bonchev–Trinajstić information content (AvgIpc) is 3.03. The molecule has 0 aliphatic rings. The zero-order valence-corrected chi connectivity index (χ0v) is 16.0. The van der Waals surface area contributed by atoms with Crippen molar-refractivity contribution in [2.24, 2.45) is 7.05 Å². The first-order chi connectivity index (χ1) is 13.0. The third-order valence-electron chi connectivity index (χ3n) is 3.89. The van der Waals surface area contributed by atoms with Crippen LogP contribution in [-0.4, -0.2) is 33.5 Å². The lowest BCUT2D eigenvalue weighted by atomic mass is 10.2. The van der Waals surface area contributed by atoms with Gasteiger partial charge >= 0.3 is 0 Å². The van der Waals surface area contributed by atoms with Crippen LogP contribution in [0.3, 0.4) is 0 Å². The van der Waals surface area contributed by atoms with Crippen LogP contribution in [0.15, 0.2) is 47.6 Å². The number of hydrogen-bond acceptors (Lipinski definition) is 5. The summed E-state index contributed by atoms with van der Waals surface area (Å²) in [5, 5.41) is 11.5. The largest absolute Gasteiger partial charge is 0.497 e. The van der Waals surface area contributed by atoms with E-state index in [1.165, 1.54) is 17.8 Å². The van der Waals surface area contributed by atoms with E-state index in [2.05, 4.69) is 15.5 Å². The van der Waals surface area contributed by atoms with E-state index in [9.17, 15) is 9.18 Å². The molecule has 6 nitrogen and oxygen atoms in total. The summed E-state index contributed by atoms with van der Waals surface area (Å²) >= 11 is 1.23. The van der Waals surface area contributed by atoms with Gasteiger partial charge in [-0.05, 0) is 36.8 Å². The van der Waals surface area contributed by atoms with Gasteiger partial charge in [-0.25, -0.2) is 4.39 Å². The smallest absolute Gasteiger partial charge is 0.234 e. The first-order valence-corrected chi connectivity index (χ1v) is 9.19. The SMILES string of the molecule is COc1cccc(-c2nnc(SCC(=O)Nc3ccc(C)cc3F)n2C)c1. The minimum Gasteiger partial charge on any atom is -0.497 e. The Morgan fingerprint density at radius 3 is 2.81 bits per heavy atom. The summed E-state index contributed by atoms with van der Waals surface area (Å²) in [7, 11) is 3.43. The quantitative estimate of drug-likeness (QED) is 0.655. The molecule has 1 amide bonds. The highest BCUT2D eigenvalue weighted by atomic mass is 32.2. The van der Waals surface area contributed by atoms with Gasteiger partial charge < -0.3 is 14.6 Å². The summed E-state index contributed by atoms with van der Waals surface area (Å²) < 4.78 is 20.9. The monoisotopic (exact) mass is 386 g/mol. The molecule has 8 heteroatoms. The number of benzene rings is 2. The van der Waals surface area contributed by atoms with Crippen molar-refractivity contribution in [1.82, 2.24) is 14.8 Å². The van der Waals surface area contributed by atoms with Gasteiger partial charge in [0.1, 0.15) is 11.6 Å². The number of anilines is 1. The zero-order chi connectivity index (χ0) is 19.4. The molecule has 0 unspecified atom stereocenters. The topological polar surface area (TPSA) is 69.0 Å². The lowest BCUT2D eigenvalue weighted by molar-refractivity contribution is -0.113. The molecule has 0 aliphatic heterocycles. The van der Waals surface area contributed by atoms with Gasteiger partial charge in [-0.3, -0.25) is 4.79 Å². The van der Waals surface area contributed by atoms with Gasteiger partial charge in [0.25, 0.3) is 0 Å². The molecule has 0 atom stereocenters. The molecule has 0 saturated carbocycles. The fourth-order valence-corrected chi connectivity index (χ4v) is 3.20. The fourth-order valence-electron chi connectivity index (χ4n) is 2.49. The summed E-state index contributed by atoms with van der Waals surface area (Å²) in [6.07, 6.45) is 0. The van der Waals surface area contributed by atoms with E-state index in [0.717, 1.165) is 16.9 Å². The van der Waals surface area contributed by atoms with Crippen molar-refractivity contribution in [3.63, 3.8) is 0 Å². The van der Waals surface area contributed by atoms with E-state index in [1.807, 2.05) is 31.3 Å². The maximum absolute atomic E-state index is 13.8. The number of hydrogen-bond donors (Lipinski definition) is 1. The number of carbonyl (C=O) groups excluding carboxylic acids is 1. The zero-order valence-electron chi connectivity index (χ0n) is 15.2. The Kier molecular flexibility index (Phi) is 5.75. The van der Waals surface area contributed by atoms with Crippen molar-refractivity contribution in [3.8, 4) is 17.1 Å². The van der Waals surface area contributed by atoms with E-state index < -0.39 is 5.82 Å². The van der Waals surface area contributed by atoms with E-state index in [0.29, 0.717) is 11.0 Å². The molecule has 3 rings (SSSR count). The minimum atomic E-state index is -0.452. The first-order valence-electron chi connectivity index (χ1n) is 8.20. The molecule has 1 N–H and O–H groups in total. The molecule has 0 bridgehead atoms. The molecule has 0 aliphatic carbocycles. The summed E-state index contributed by atoms with van der Waals surface area (Å²) in [5.41, 5.74) is 1.83. The second-order valence-electron chi connectivity index (χ2n) is 5.92. The minimum absolute atomic E-state index is 0.0946. The number of aromatic nitrogens is 3. The van der Waals surface area contributed by atoms with Crippen LogP contribution in [-0.2, 0) is 11.8 Å². The van der Waals surface area contributed by atoms with E-state index in [1.54, 1.807) is 30.7 Å². The second kappa shape index (κ2) is 8.22. The maximum Gasteiger partial charge on any atom is 0.234 e. The second-order valence-corrected chi connectivity index (χ2v) is 6.86. The maximum atomic E-state index is 13.8. The van der Waals surface area contributed by atoms with Crippen LogP contribution in [0, 0.1) is 12.7 Å². The van der Waals surface area contributed by atoms with Crippen molar-refractivity contribution >= 4 is 23.4 Å². The Bertz CT molecular complexity index is 974. The van der Waals surface area contributed by atoms with Gasteiger partial charge in [0, 0.05) is 12.6 Å². The van der Waals surface area contributed by atoms with Crippen LogP contribution in [0.25, 0.3) is 11.4 Å². The predicted octanol–water partition coefficient (Wildman–Crippen LogP) is 3.67. The van der Waals surface area contributed by atoms with Crippen LogP contribution in [0.5, 0.6) is 5.75 Å². The third kappa shape index (κ3) is 4.46. The molecule has 0 fully saturated rings. The lowest BCUT2D eigenvalue weighted by Crippen LogP contribution is -2.15. The summed E-state index contributed by atoms with van der Waals surface area (Å²) in [5.74, 6) is 0.726. The van der Waals surface area contributed by atoms with Gasteiger partial charge in [0.05, 0.1) is 18.6 Å². The van der Waals surface area contributed by atoms with Gasteiger partial charge in [0.2, 0.25) is 5.91 Å². The molecule has 3 aromatic rings. The molecule has 0 spiro atoms. The number of methoxy groups -OCH3 is 1. The number of carbonyl (C=O) groups is 1. The Labute approximate surface area is 160 Å². The van der Waals surface area contributed by atoms with E-state index in [4.69, 9.17) is 4.74 Å². The Morgan fingerprint density at radius 1 is 1.26 bits per heavy atom. The van der Waals surface area contributed by atoms with Crippen LogP contribution < -0.4 is 10.1 Å². The number of rotatable bonds is 6. The van der Waals surface area contributed by atoms with Crippen LogP contribution >= 0.6 is 11.8 Å². The Hall–Kier alpha value is -2.87. The average molecular weight is 386 g/mol. The van der Waals surface area contributed by atoms with Gasteiger partial charge in [-0.1, -0.05) is 30.0 Å². The molecular formula is C19H19FN4O2S. The van der Waals surface area contributed by atoms with Crippen molar-refractivity contribution in [2.45, 2.75) is 12.1 Å². The summed E-state index contributed by atoms with van der Waals surface area (Å²) in [6.45, 7) is 1.79. The number of nitrogens with one attached hydrogen (secondary N) is 1. The predicted molar refractivity (Wildman–Crippen MR) is 103 cm³/mol. The molecule has 27 heavy (non-hydrogen) atoms. The normalized spacial score (nSPS) is 10.7. The lowest BCUT2D eigenvalue weighted by Gasteiger charge is -2.07. The van der Waals surface area contributed by atoms with Crippen molar-refractivity contribution in [3.05, 3.63) is 53.8 Å². The number of amides is 1. The molecular weight excluding hydrogens is 367 g/mol. The first kappa shape index (κ1) is 18.9. The van der Waals surface area contributed by atoms with E-state index in [-0.39, 0.29) is 17.3 Å². The number of ether oxygens (including phenoxy) is 1. The summed E-state index contributed by atoms with van der Waals surface area (Å²) in [6, 6.07) is 12.2. The highest BCUT2D eigenvalue weighted by Crippen LogP contribution is 2.25. The van der Waals surface area contributed by atoms with Crippen molar-refractivity contribution in [2.75, 3.05) is 18.2 Å². The molecule has 140 valence electrons. The van der Waals surface area contributed by atoms with E-state index >= 15 is 0 Å². The molecule has 1 heterocycles. The van der Waals surface area contributed by atoms with Crippen molar-refractivity contribution in [1.29, 1.82) is 0 Å². The molecule has 0 saturated heterocycles. The van der Waals surface area contributed by atoms with Crippen LogP contribution in [0.4, 0.5) is 10.1 Å². The molecule has 0 radical (unpaired) electrons. The highest BCUT2D eigenvalue weighted by molar-refractivity contribution is 7.99.